The fraction of sp³-hybridized carbons (Fsp3) is 0.786. The van der Waals surface area contributed by atoms with Gasteiger partial charge in [-0.3, -0.25) is 4.68 Å². The van der Waals surface area contributed by atoms with Crippen LogP contribution in [0.3, 0.4) is 0 Å². The van der Waals surface area contributed by atoms with E-state index in [9.17, 15) is 5.11 Å². The van der Waals surface area contributed by atoms with Crippen molar-refractivity contribution in [2.75, 3.05) is 0 Å². The molecule has 2 aliphatic carbocycles. The lowest BCUT2D eigenvalue weighted by Gasteiger charge is -2.41. The van der Waals surface area contributed by atoms with E-state index in [-0.39, 0.29) is 0 Å². The van der Waals surface area contributed by atoms with E-state index in [2.05, 4.69) is 5.10 Å². The molecule has 0 bridgehead atoms. The summed E-state index contributed by atoms with van der Waals surface area (Å²) in [6.45, 7) is 0. The van der Waals surface area contributed by atoms with Crippen molar-refractivity contribution in [3.05, 3.63) is 18.0 Å². The first-order chi connectivity index (χ1) is 8.12. The molecule has 0 radical (unpaired) electrons. The van der Waals surface area contributed by atoms with Crippen molar-refractivity contribution in [2.45, 2.75) is 57.0 Å². The smallest absolute Gasteiger partial charge is 0.108 e. The second kappa shape index (κ2) is 3.84. The van der Waals surface area contributed by atoms with Crippen molar-refractivity contribution in [2.24, 2.45) is 12.5 Å². The van der Waals surface area contributed by atoms with Crippen LogP contribution in [0, 0.1) is 5.41 Å². The van der Waals surface area contributed by atoms with E-state index >= 15 is 0 Å². The van der Waals surface area contributed by atoms with Crippen LogP contribution < -0.4 is 0 Å². The first kappa shape index (κ1) is 11.3. The summed E-state index contributed by atoms with van der Waals surface area (Å²) in [5, 5.41) is 15.1. The number of rotatable bonds is 1. The highest BCUT2D eigenvalue weighted by Crippen LogP contribution is 2.53. The Kier molecular flexibility index (Phi) is 2.54. The molecule has 0 amide bonds. The molecule has 3 rings (SSSR count). The molecule has 0 saturated heterocycles. The van der Waals surface area contributed by atoms with E-state index in [1.54, 1.807) is 4.68 Å². The third kappa shape index (κ3) is 1.90. The Balaban J connectivity index is 1.75. The first-order valence-electron chi connectivity index (χ1n) is 6.85. The van der Waals surface area contributed by atoms with Gasteiger partial charge in [0.05, 0.1) is 5.69 Å². The van der Waals surface area contributed by atoms with Crippen molar-refractivity contribution in [1.29, 1.82) is 0 Å². The average molecular weight is 234 g/mol. The zero-order valence-corrected chi connectivity index (χ0v) is 10.7. The Morgan fingerprint density at radius 3 is 2.29 bits per heavy atom. The molecule has 0 aromatic carbocycles. The SMILES string of the molecule is Cn1ccc(C2(O)CCC3(CCCC3)CC2)n1. The molecule has 1 N–H and O–H groups in total. The van der Waals surface area contributed by atoms with Gasteiger partial charge in [-0.1, -0.05) is 12.8 Å². The summed E-state index contributed by atoms with van der Waals surface area (Å²) >= 11 is 0. The molecular weight excluding hydrogens is 212 g/mol. The molecule has 0 aliphatic heterocycles. The van der Waals surface area contributed by atoms with Crippen molar-refractivity contribution in [1.82, 2.24) is 9.78 Å². The summed E-state index contributed by atoms with van der Waals surface area (Å²) < 4.78 is 1.78. The number of aryl methyl sites for hydroxylation is 1. The molecule has 2 saturated carbocycles. The summed E-state index contributed by atoms with van der Waals surface area (Å²) in [5.74, 6) is 0. The number of hydrogen-bond acceptors (Lipinski definition) is 2. The summed E-state index contributed by atoms with van der Waals surface area (Å²) in [7, 11) is 1.91. The molecule has 94 valence electrons. The van der Waals surface area contributed by atoms with Crippen LogP contribution >= 0.6 is 0 Å². The maximum atomic E-state index is 10.7. The highest BCUT2D eigenvalue weighted by atomic mass is 16.3. The van der Waals surface area contributed by atoms with E-state index in [4.69, 9.17) is 0 Å². The predicted octanol–water partition coefficient (Wildman–Crippen LogP) is 2.74. The van der Waals surface area contributed by atoms with Gasteiger partial charge in [0.2, 0.25) is 0 Å². The lowest BCUT2D eigenvalue weighted by atomic mass is 9.67. The van der Waals surface area contributed by atoms with Crippen LogP contribution in [0.2, 0.25) is 0 Å². The van der Waals surface area contributed by atoms with Crippen molar-refractivity contribution in [3.63, 3.8) is 0 Å². The van der Waals surface area contributed by atoms with Crippen LogP contribution in [0.15, 0.2) is 12.3 Å². The first-order valence-corrected chi connectivity index (χ1v) is 6.85. The molecular formula is C14H22N2O. The second-order valence-electron chi connectivity index (χ2n) is 6.11. The topological polar surface area (TPSA) is 38.0 Å². The Morgan fingerprint density at radius 1 is 1.12 bits per heavy atom. The van der Waals surface area contributed by atoms with Gasteiger partial charge < -0.3 is 5.11 Å². The van der Waals surface area contributed by atoms with Gasteiger partial charge in [-0.15, -0.1) is 0 Å². The van der Waals surface area contributed by atoms with E-state index in [0.29, 0.717) is 5.41 Å². The lowest BCUT2D eigenvalue weighted by Crippen LogP contribution is -2.36. The number of aromatic nitrogens is 2. The largest absolute Gasteiger partial charge is 0.383 e. The molecule has 1 aromatic heterocycles. The van der Waals surface area contributed by atoms with Crippen molar-refractivity contribution in [3.8, 4) is 0 Å². The third-order valence-corrected chi connectivity index (χ3v) is 4.99. The lowest BCUT2D eigenvalue weighted by molar-refractivity contribution is -0.0411. The molecule has 1 spiro atoms. The predicted molar refractivity (Wildman–Crippen MR) is 66.5 cm³/mol. The Bertz CT molecular complexity index is 394. The molecule has 2 aliphatic rings. The molecule has 3 nitrogen and oxygen atoms in total. The fourth-order valence-corrected chi connectivity index (χ4v) is 3.74. The normalized spacial score (nSPS) is 26.5. The zero-order valence-electron chi connectivity index (χ0n) is 10.7. The molecule has 1 aromatic rings. The molecule has 17 heavy (non-hydrogen) atoms. The van der Waals surface area contributed by atoms with Crippen molar-refractivity contribution >= 4 is 0 Å². The number of nitrogens with zero attached hydrogens (tertiary/aromatic N) is 2. The summed E-state index contributed by atoms with van der Waals surface area (Å²) in [6, 6.07) is 1.96. The number of aliphatic hydroxyl groups is 1. The quantitative estimate of drug-likeness (QED) is 0.811. The number of hydrogen-bond donors (Lipinski definition) is 1. The van der Waals surface area contributed by atoms with Gasteiger partial charge in [-0.25, -0.2) is 0 Å². The van der Waals surface area contributed by atoms with E-state index in [0.717, 1.165) is 18.5 Å². The maximum Gasteiger partial charge on any atom is 0.108 e. The summed E-state index contributed by atoms with van der Waals surface area (Å²) in [5.41, 5.74) is 0.781. The standard InChI is InChI=1S/C14H22N2O/c1-16-11-4-12(15-16)14(17)9-7-13(8-10-14)5-2-3-6-13/h4,11,17H,2-3,5-10H2,1H3. The van der Waals surface area contributed by atoms with Gasteiger partial charge in [0.1, 0.15) is 5.60 Å². The van der Waals surface area contributed by atoms with Crippen LogP contribution in [0.5, 0.6) is 0 Å². The van der Waals surface area contributed by atoms with Gasteiger partial charge >= 0.3 is 0 Å². The zero-order chi connectivity index (χ0) is 11.9. The molecule has 0 unspecified atom stereocenters. The molecule has 3 heteroatoms. The van der Waals surface area contributed by atoms with Crippen LogP contribution in [0.25, 0.3) is 0 Å². The van der Waals surface area contributed by atoms with Crippen molar-refractivity contribution < 1.29 is 5.11 Å². The molecule has 0 atom stereocenters. The Morgan fingerprint density at radius 2 is 1.76 bits per heavy atom. The molecule has 2 fully saturated rings. The van der Waals surface area contributed by atoms with Gasteiger partial charge in [-0.2, -0.15) is 5.10 Å². The van der Waals surface area contributed by atoms with E-state index in [1.807, 2.05) is 19.3 Å². The van der Waals surface area contributed by atoms with E-state index in [1.165, 1.54) is 38.5 Å². The monoisotopic (exact) mass is 234 g/mol. The van der Waals surface area contributed by atoms with Gasteiger partial charge in [0.25, 0.3) is 0 Å². The van der Waals surface area contributed by atoms with Gasteiger partial charge in [-0.05, 0) is 50.0 Å². The maximum absolute atomic E-state index is 10.7. The van der Waals surface area contributed by atoms with E-state index < -0.39 is 5.60 Å². The second-order valence-corrected chi connectivity index (χ2v) is 6.11. The average Bonchev–Trinajstić information content (AvgIpc) is 2.94. The minimum atomic E-state index is -0.658. The Hall–Kier alpha value is -0.830. The van der Waals surface area contributed by atoms with Crippen LogP contribution in [-0.4, -0.2) is 14.9 Å². The molecule has 1 heterocycles. The third-order valence-electron chi connectivity index (χ3n) is 4.99. The minimum Gasteiger partial charge on any atom is -0.383 e. The summed E-state index contributed by atoms with van der Waals surface area (Å²) in [6.07, 6.45) is 11.6. The highest BCUT2D eigenvalue weighted by molar-refractivity contribution is 5.13. The highest BCUT2D eigenvalue weighted by Gasteiger charge is 2.44. The van der Waals surface area contributed by atoms with Crippen LogP contribution in [0.4, 0.5) is 0 Å². The summed E-state index contributed by atoms with van der Waals surface area (Å²) in [4.78, 5) is 0. The van der Waals surface area contributed by atoms with Crippen LogP contribution in [-0.2, 0) is 12.6 Å². The van der Waals surface area contributed by atoms with Crippen LogP contribution in [0.1, 0.15) is 57.1 Å². The van der Waals surface area contributed by atoms with Gasteiger partial charge in [0, 0.05) is 13.2 Å². The minimum absolute atomic E-state index is 0.570. The fourth-order valence-electron chi connectivity index (χ4n) is 3.74. The van der Waals surface area contributed by atoms with Gasteiger partial charge in [0.15, 0.2) is 0 Å². The Labute approximate surface area is 103 Å².